The van der Waals surface area contributed by atoms with Crippen molar-refractivity contribution in [3.05, 3.63) is 56.5 Å². The predicted octanol–water partition coefficient (Wildman–Crippen LogP) is 0.232. The summed E-state index contributed by atoms with van der Waals surface area (Å²) in [4.78, 5) is 52.5. The van der Waals surface area contributed by atoms with E-state index in [0.29, 0.717) is 5.69 Å². The molecule has 0 unspecified atom stereocenters. The molecule has 0 bridgehead atoms. The first-order chi connectivity index (χ1) is 13.7. The molecule has 0 aliphatic carbocycles. The number of anilines is 1. The molecule has 0 fully saturated rings. The Morgan fingerprint density at radius 1 is 1.14 bits per heavy atom. The number of carbonyl (C=O) groups is 2. The van der Waals surface area contributed by atoms with E-state index < -0.39 is 29.7 Å². The first-order valence-corrected chi connectivity index (χ1v) is 8.82. The maximum atomic E-state index is 12.4. The second-order valence-electron chi connectivity index (χ2n) is 6.78. The molecule has 0 spiro atoms. The fourth-order valence-electron chi connectivity index (χ4n) is 2.99. The van der Waals surface area contributed by atoms with Crippen LogP contribution < -0.4 is 16.6 Å². The van der Waals surface area contributed by atoms with Gasteiger partial charge in [0.25, 0.3) is 11.5 Å². The largest absolute Gasteiger partial charge is 0.454 e. The van der Waals surface area contributed by atoms with E-state index in [9.17, 15) is 19.2 Å². The van der Waals surface area contributed by atoms with Gasteiger partial charge in [-0.1, -0.05) is 17.7 Å². The molecule has 3 rings (SSSR count). The Bertz CT molecular complexity index is 1230. The van der Waals surface area contributed by atoms with Crippen molar-refractivity contribution < 1.29 is 14.3 Å². The normalized spacial score (nSPS) is 10.9. The number of rotatable bonds is 5. The maximum absolute atomic E-state index is 12.4. The van der Waals surface area contributed by atoms with E-state index in [1.165, 1.54) is 29.6 Å². The summed E-state index contributed by atoms with van der Waals surface area (Å²) in [6.45, 7) is 3.04. The average Bonchev–Trinajstić information content (AvgIpc) is 3.09. The minimum atomic E-state index is -0.712. The lowest BCUT2D eigenvalue weighted by Crippen LogP contribution is -2.37. The van der Waals surface area contributed by atoms with Gasteiger partial charge in [-0.25, -0.2) is 9.78 Å². The van der Waals surface area contributed by atoms with Crippen molar-refractivity contribution in [2.75, 3.05) is 11.9 Å². The molecule has 0 aliphatic rings. The number of hydrogen-bond acceptors (Lipinski definition) is 6. The summed E-state index contributed by atoms with van der Waals surface area (Å²) < 4.78 is 8.45. The van der Waals surface area contributed by atoms with Crippen LogP contribution in [-0.2, 0) is 35.0 Å². The number of amides is 1. The third kappa shape index (κ3) is 3.96. The molecule has 0 saturated carbocycles. The molecule has 10 heteroatoms. The van der Waals surface area contributed by atoms with E-state index in [-0.39, 0.29) is 17.7 Å². The first-order valence-electron chi connectivity index (χ1n) is 8.82. The molecule has 0 radical (unpaired) electrons. The minimum absolute atomic E-state index is 0.103. The molecular formula is C19H21N5O5. The van der Waals surface area contributed by atoms with E-state index in [0.717, 1.165) is 15.7 Å². The average molecular weight is 399 g/mol. The van der Waals surface area contributed by atoms with Crippen molar-refractivity contribution in [2.24, 2.45) is 14.1 Å². The van der Waals surface area contributed by atoms with Crippen LogP contribution >= 0.6 is 0 Å². The molecular weight excluding hydrogens is 378 g/mol. The van der Waals surface area contributed by atoms with E-state index in [1.54, 1.807) is 6.07 Å². The number of aryl methyl sites for hydroxylation is 3. The number of fused-ring (bicyclic) bond motifs is 1. The fourth-order valence-corrected chi connectivity index (χ4v) is 2.99. The highest BCUT2D eigenvalue weighted by molar-refractivity contribution is 5.93. The SMILES string of the molecule is Cc1ccc(NC(=O)COC(=O)Cn2cnc3c2c(=O)n(C)c(=O)n3C)c(C)c1. The molecule has 2 aromatic heterocycles. The second-order valence-corrected chi connectivity index (χ2v) is 6.78. The van der Waals surface area contributed by atoms with Crippen molar-refractivity contribution in [3.8, 4) is 0 Å². The van der Waals surface area contributed by atoms with Gasteiger partial charge in [-0.3, -0.25) is 23.5 Å². The maximum Gasteiger partial charge on any atom is 0.332 e. The fraction of sp³-hybridized carbons (Fsp3) is 0.316. The number of nitrogens with zero attached hydrogens (tertiary/aromatic N) is 4. The van der Waals surface area contributed by atoms with Gasteiger partial charge in [-0.2, -0.15) is 0 Å². The Kier molecular flexibility index (Phi) is 5.35. The van der Waals surface area contributed by atoms with Crippen LogP contribution in [-0.4, -0.2) is 37.2 Å². The van der Waals surface area contributed by atoms with E-state index in [2.05, 4.69) is 10.3 Å². The highest BCUT2D eigenvalue weighted by atomic mass is 16.5. The van der Waals surface area contributed by atoms with E-state index in [4.69, 9.17) is 4.74 Å². The Hall–Kier alpha value is -3.69. The van der Waals surface area contributed by atoms with Gasteiger partial charge in [0.05, 0.1) is 6.33 Å². The molecule has 29 heavy (non-hydrogen) atoms. The van der Waals surface area contributed by atoms with Gasteiger partial charge in [-0.05, 0) is 25.5 Å². The monoisotopic (exact) mass is 399 g/mol. The van der Waals surface area contributed by atoms with Gasteiger partial charge < -0.3 is 14.6 Å². The molecule has 3 aromatic rings. The smallest absolute Gasteiger partial charge is 0.332 e. The molecule has 152 valence electrons. The van der Waals surface area contributed by atoms with Crippen LogP contribution in [0, 0.1) is 13.8 Å². The van der Waals surface area contributed by atoms with Crippen LogP contribution in [0.25, 0.3) is 11.2 Å². The number of esters is 1. The summed E-state index contributed by atoms with van der Waals surface area (Å²) in [5, 5.41) is 2.68. The van der Waals surface area contributed by atoms with E-state index >= 15 is 0 Å². The molecule has 1 N–H and O–H groups in total. The Morgan fingerprint density at radius 2 is 1.86 bits per heavy atom. The standard InChI is InChI=1S/C19H21N5O5/c1-11-5-6-13(12(2)7-11)21-14(25)9-29-15(26)8-24-10-20-17-16(24)18(27)23(4)19(28)22(17)3/h5-7,10H,8-9H2,1-4H3,(H,21,25). The summed E-state index contributed by atoms with van der Waals surface area (Å²) in [7, 11) is 2.83. The van der Waals surface area contributed by atoms with E-state index in [1.807, 2.05) is 26.0 Å². The van der Waals surface area contributed by atoms with Crippen LogP contribution in [0.3, 0.4) is 0 Å². The Morgan fingerprint density at radius 3 is 2.55 bits per heavy atom. The van der Waals surface area contributed by atoms with Crippen LogP contribution in [0.1, 0.15) is 11.1 Å². The molecule has 2 heterocycles. The first kappa shape index (κ1) is 20.1. The van der Waals surface area contributed by atoms with Gasteiger partial charge in [0.2, 0.25) is 0 Å². The predicted molar refractivity (Wildman–Crippen MR) is 106 cm³/mol. The second kappa shape index (κ2) is 7.74. The molecule has 10 nitrogen and oxygen atoms in total. The number of ether oxygens (including phenoxy) is 1. The summed E-state index contributed by atoms with van der Waals surface area (Å²) in [6, 6.07) is 5.58. The molecule has 1 amide bonds. The summed E-state index contributed by atoms with van der Waals surface area (Å²) in [5.41, 5.74) is 1.80. The lowest BCUT2D eigenvalue weighted by Gasteiger charge is -2.10. The van der Waals surface area contributed by atoms with Crippen LogP contribution in [0.4, 0.5) is 5.69 Å². The Balaban J connectivity index is 1.68. The number of benzene rings is 1. The third-order valence-electron chi connectivity index (χ3n) is 4.54. The lowest BCUT2D eigenvalue weighted by atomic mass is 10.1. The molecule has 0 saturated heterocycles. The zero-order valence-corrected chi connectivity index (χ0v) is 16.6. The summed E-state index contributed by atoms with van der Waals surface area (Å²) in [5.74, 6) is -1.19. The Labute approximate surface area is 165 Å². The number of carbonyl (C=O) groups excluding carboxylic acids is 2. The minimum Gasteiger partial charge on any atom is -0.454 e. The molecule has 0 atom stereocenters. The van der Waals surface area contributed by atoms with Crippen molar-refractivity contribution in [3.63, 3.8) is 0 Å². The summed E-state index contributed by atoms with van der Waals surface area (Å²) >= 11 is 0. The van der Waals surface area contributed by atoms with Gasteiger partial charge in [-0.15, -0.1) is 0 Å². The molecule has 1 aromatic carbocycles. The highest BCUT2D eigenvalue weighted by Crippen LogP contribution is 2.15. The van der Waals surface area contributed by atoms with Gasteiger partial charge in [0.15, 0.2) is 17.8 Å². The van der Waals surface area contributed by atoms with Crippen molar-refractivity contribution >= 4 is 28.7 Å². The van der Waals surface area contributed by atoms with Crippen molar-refractivity contribution in [1.82, 2.24) is 18.7 Å². The zero-order valence-electron chi connectivity index (χ0n) is 16.6. The molecule has 0 aliphatic heterocycles. The number of hydrogen-bond donors (Lipinski definition) is 1. The van der Waals surface area contributed by atoms with Crippen LogP contribution in [0.15, 0.2) is 34.1 Å². The summed E-state index contributed by atoms with van der Waals surface area (Å²) in [6.07, 6.45) is 1.28. The number of aromatic nitrogens is 4. The quantitative estimate of drug-likeness (QED) is 0.614. The third-order valence-corrected chi connectivity index (χ3v) is 4.54. The van der Waals surface area contributed by atoms with Gasteiger partial charge in [0.1, 0.15) is 6.54 Å². The van der Waals surface area contributed by atoms with Gasteiger partial charge in [0, 0.05) is 19.8 Å². The van der Waals surface area contributed by atoms with Gasteiger partial charge >= 0.3 is 11.7 Å². The topological polar surface area (TPSA) is 117 Å². The lowest BCUT2D eigenvalue weighted by molar-refractivity contribution is -0.147. The van der Waals surface area contributed by atoms with Crippen LogP contribution in [0.2, 0.25) is 0 Å². The zero-order chi connectivity index (χ0) is 21.3. The number of nitrogens with one attached hydrogen (secondary N) is 1. The number of imidazole rings is 1. The van der Waals surface area contributed by atoms with Crippen LogP contribution in [0.5, 0.6) is 0 Å². The highest BCUT2D eigenvalue weighted by Gasteiger charge is 2.17. The van der Waals surface area contributed by atoms with Crippen molar-refractivity contribution in [1.29, 1.82) is 0 Å². The van der Waals surface area contributed by atoms with Crippen molar-refractivity contribution in [2.45, 2.75) is 20.4 Å².